The smallest absolute Gasteiger partial charge is 0.0473 e. The van der Waals surface area contributed by atoms with Crippen molar-refractivity contribution < 1.29 is 0 Å². The molecule has 1 heterocycles. The highest BCUT2D eigenvalue weighted by atomic mass is 35.5. The molecule has 3 heteroatoms. The topological polar surface area (TPSA) is 8.17 Å². The van der Waals surface area contributed by atoms with Crippen LogP contribution in [0, 0.1) is 12.8 Å². The van der Waals surface area contributed by atoms with Crippen LogP contribution in [0.25, 0.3) is 0 Å². The maximum absolute atomic E-state index is 6.22. The molecule has 0 saturated carbocycles. The van der Waals surface area contributed by atoms with Gasteiger partial charge in [-0.3, -0.25) is 4.90 Å². The van der Waals surface area contributed by atoms with Crippen molar-refractivity contribution in [3.05, 3.63) is 94.3 Å². The zero-order valence-electron chi connectivity index (χ0n) is 17.4. The van der Waals surface area contributed by atoms with Gasteiger partial charge in [0.05, 0.1) is 0 Å². The van der Waals surface area contributed by atoms with E-state index in [1.165, 1.54) is 22.4 Å². The van der Waals surface area contributed by atoms with Crippen molar-refractivity contribution in [2.75, 3.05) is 0 Å². The third-order valence-electron chi connectivity index (χ3n) is 5.54. The predicted molar refractivity (Wildman–Crippen MR) is 120 cm³/mol. The zero-order chi connectivity index (χ0) is 20.1. The fourth-order valence-electron chi connectivity index (χ4n) is 3.60. The molecule has 0 aliphatic rings. The molecule has 1 aromatic heterocycles. The number of aryl methyl sites for hydroxylation is 1. The second-order valence-corrected chi connectivity index (χ2v) is 8.57. The predicted octanol–water partition coefficient (Wildman–Crippen LogP) is 6.54. The van der Waals surface area contributed by atoms with Crippen LogP contribution in [0.1, 0.15) is 43.2 Å². The summed E-state index contributed by atoms with van der Waals surface area (Å²) in [6.45, 7) is 11.8. The molecule has 28 heavy (non-hydrogen) atoms. The number of hydrogen-bond donors (Lipinski definition) is 0. The van der Waals surface area contributed by atoms with Crippen LogP contribution in [0.15, 0.2) is 66.9 Å². The first-order chi connectivity index (χ1) is 13.4. The van der Waals surface area contributed by atoms with Crippen molar-refractivity contribution in [3.8, 4) is 0 Å². The average molecular weight is 395 g/mol. The minimum Gasteiger partial charge on any atom is -0.346 e. The Labute approximate surface area is 174 Å². The van der Waals surface area contributed by atoms with Crippen LogP contribution in [-0.2, 0) is 19.6 Å². The van der Waals surface area contributed by atoms with Gasteiger partial charge in [0.2, 0.25) is 0 Å². The lowest BCUT2D eigenvalue weighted by Gasteiger charge is -2.32. The van der Waals surface area contributed by atoms with E-state index >= 15 is 0 Å². The van der Waals surface area contributed by atoms with Crippen molar-refractivity contribution >= 4 is 11.6 Å². The second-order valence-electron chi connectivity index (χ2n) is 8.14. The van der Waals surface area contributed by atoms with Crippen LogP contribution in [-0.4, -0.2) is 15.5 Å². The summed E-state index contributed by atoms with van der Waals surface area (Å²) in [5.74, 6) is 0.583. The van der Waals surface area contributed by atoms with Gasteiger partial charge in [-0.05, 0) is 55.2 Å². The summed E-state index contributed by atoms with van der Waals surface area (Å²) in [6.07, 6.45) is 2.19. The van der Waals surface area contributed by atoms with Crippen LogP contribution in [0.4, 0.5) is 0 Å². The number of rotatable bonds is 8. The highest BCUT2D eigenvalue weighted by Crippen LogP contribution is 2.21. The molecule has 148 valence electrons. The minimum absolute atomic E-state index is 0.473. The molecule has 3 aromatic rings. The molecular formula is C25H31ClN2. The first kappa shape index (κ1) is 20.7. The third-order valence-corrected chi connectivity index (χ3v) is 5.77. The first-order valence-electron chi connectivity index (χ1n) is 10.1. The molecule has 0 aliphatic carbocycles. The summed E-state index contributed by atoms with van der Waals surface area (Å²) in [5, 5.41) is 0.803. The molecule has 2 aromatic carbocycles. The van der Waals surface area contributed by atoms with Gasteiger partial charge in [0.25, 0.3) is 0 Å². The van der Waals surface area contributed by atoms with Crippen LogP contribution < -0.4 is 0 Å². The van der Waals surface area contributed by atoms with Gasteiger partial charge >= 0.3 is 0 Å². The van der Waals surface area contributed by atoms with Crippen LogP contribution in [0.3, 0.4) is 0 Å². The molecule has 3 rings (SSSR count). The molecule has 2 nitrogen and oxygen atoms in total. The summed E-state index contributed by atoms with van der Waals surface area (Å²) in [6, 6.07) is 21.9. The molecule has 0 bridgehead atoms. The normalized spacial score (nSPS) is 12.7. The second kappa shape index (κ2) is 9.45. The van der Waals surface area contributed by atoms with Gasteiger partial charge < -0.3 is 4.57 Å². The molecule has 1 unspecified atom stereocenters. The lowest BCUT2D eigenvalue weighted by atomic mass is 10.0. The highest BCUT2D eigenvalue weighted by molar-refractivity contribution is 6.30. The number of halogens is 1. The van der Waals surface area contributed by atoms with Crippen LogP contribution in [0.2, 0.25) is 5.02 Å². The van der Waals surface area contributed by atoms with E-state index in [9.17, 15) is 0 Å². The van der Waals surface area contributed by atoms with Gasteiger partial charge in [-0.1, -0.05) is 67.4 Å². The summed E-state index contributed by atoms with van der Waals surface area (Å²) in [7, 11) is 0. The molecule has 0 spiro atoms. The number of benzene rings is 2. The largest absolute Gasteiger partial charge is 0.346 e. The summed E-state index contributed by atoms with van der Waals surface area (Å²) < 4.78 is 2.37. The molecule has 0 amide bonds. The maximum Gasteiger partial charge on any atom is 0.0473 e. The van der Waals surface area contributed by atoms with Crippen LogP contribution in [0.5, 0.6) is 0 Å². The SMILES string of the molecule is Cc1cccc(Cn2cccc2CN(Cc2cccc(Cl)c2)C(C)C(C)C)c1. The van der Waals surface area contributed by atoms with E-state index in [1.807, 2.05) is 12.1 Å². The average Bonchev–Trinajstić information content (AvgIpc) is 3.07. The van der Waals surface area contributed by atoms with Crippen LogP contribution >= 0.6 is 11.6 Å². The van der Waals surface area contributed by atoms with E-state index < -0.39 is 0 Å². The monoisotopic (exact) mass is 394 g/mol. The van der Waals surface area contributed by atoms with Gasteiger partial charge in [0.15, 0.2) is 0 Å². The Bertz CT molecular complexity index is 897. The molecular weight excluding hydrogens is 364 g/mol. The molecule has 0 aliphatic heterocycles. The zero-order valence-corrected chi connectivity index (χ0v) is 18.2. The number of nitrogens with zero attached hydrogens (tertiary/aromatic N) is 2. The fraction of sp³-hybridized carbons (Fsp3) is 0.360. The van der Waals surface area contributed by atoms with E-state index in [-0.39, 0.29) is 0 Å². The Morgan fingerprint density at radius 1 is 0.893 bits per heavy atom. The van der Waals surface area contributed by atoms with Crippen molar-refractivity contribution in [1.82, 2.24) is 9.47 Å². The summed E-state index contributed by atoms with van der Waals surface area (Å²) in [5.41, 5.74) is 5.26. The van der Waals surface area contributed by atoms with Crippen molar-refractivity contribution in [2.45, 2.75) is 53.4 Å². The van der Waals surface area contributed by atoms with E-state index in [0.29, 0.717) is 12.0 Å². The van der Waals surface area contributed by atoms with Crippen molar-refractivity contribution in [3.63, 3.8) is 0 Å². The summed E-state index contributed by atoms with van der Waals surface area (Å²) in [4.78, 5) is 2.55. The standard InChI is InChI=1S/C25H31ClN2/c1-19(2)21(4)28(17-23-10-6-11-24(26)15-23)18-25-12-7-13-27(25)16-22-9-5-8-20(3)14-22/h5-15,19,21H,16-18H2,1-4H3. The van der Waals surface area contributed by atoms with E-state index in [2.05, 4.69) is 91.9 Å². The Morgan fingerprint density at radius 3 is 2.36 bits per heavy atom. The molecule has 1 atom stereocenters. The van der Waals surface area contributed by atoms with E-state index in [4.69, 9.17) is 11.6 Å². The third kappa shape index (κ3) is 5.50. The first-order valence-corrected chi connectivity index (χ1v) is 10.5. The van der Waals surface area contributed by atoms with Gasteiger partial charge in [0, 0.05) is 42.6 Å². The Hall–Kier alpha value is -2.03. The number of aromatic nitrogens is 1. The lowest BCUT2D eigenvalue weighted by Crippen LogP contribution is -2.36. The fourth-order valence-corrected chi connectivity index (χ4v) is 3.81. The van der Waals surface area contributed by atoms with Gasteiger partial charge in [0.1, 0.15) is 0 Å². The van der Waals surface area contributed by atoms with Gasteiger partial charge in [-0.2, -0.15) is 0 Å². The van der Waals surface area contributed by atoms with Crippen molar-refractivity contribution in [2.24, 2.45) is 5.92 Å². The minimum atomic E-state index is 0.473. The Morgan fingerprint density at radius 2 is 1.64 bits per heavy atom. The molecule has 0 radical (unpaired) electrons. The summed E-state index contributed by atoms with van der Waals surface area (Å²) >= 11 is 6.22. The van der Waals surface area contributed by atoms with E-state index in [0.717, 1.165) is 24.7 Å². The Balaban J connectivity index is 1.80. The highest BCUT2D eigenvalue weighted by Gasteiger charge is 2.19. The molecule has 0 N–H and O–H groups in total. The molecule has 0 saturated heterocycles. The lowest BCUT2D eigenvalue weighted by molar-refractivity contribution is 0.148. The Kier molecular flexibility index (Phi) is 6.98. The van der Waals surface area contributed by atoms with Gasteiger partial charge in [-0.25, -0.2) is 0 Å². The van der Waals surface area contributed by atoms with Gasteiger partial charge in [-0.15, -0.1) is 0 Å². The maximum atomic E-state index is 6.22. The number of hydrogen-bond acceptors (Lipinski definition) is 1. The molecule has 0 fully saturated rings. The quantitative estimate of drug-likeness (QED) is 0.420. The van der Waals surface area contributed by atoms with E-state index in [1.54, 1.807) is 0 Å². The van der Waals surface area contributed by atoms with Crippen molar-refractivity contribution in [1.29, 1.82) is 0 Å².